The van der Waals surface area contributed by atoms with E-state index in [0.717, 1.165) is 24.8 Å². The van der Waals surface area contributed by atoms with Crippen molar-refractivity contribution in [1.82, 2.24) is 10.2 Å². The molecule has 1 aromatic carbocycles. The van der Waals surface area contributed by atoms with Gasteiger partial charge in [0.1, 0.15) is 6.04 Å². The van der Waals surface area contributed by atoms with Crippen LogP contribution in [0.2, 0.25) is 0 Å². The fraction of sp³-hybridized carbons (Fsp3) is 0.556. The summed E-state index contributed by atoms with van der Waals surface area (Å²) in [5.74, 6) is -0.572. The Morgan fingerprint density at radius 1 is 1.20 bits per heavy atom. The molecule has 1 fully saturated rings. The molecule has 136 valence electrons. The molecular weight excluding hydrogens is 340 g/mol. The average Bonchev–Trinajstić information content (AvgIpc) is 2.60. The van der Waals surface area contributed by atoms with E-state index in [4.69, 9.17) is 0 Å². The van der Waals surface area contributed by atoms with Crippen molar-refractivity contribution in [1.29, 1.82) is 0 Å². The molecule has 0 aromatic heterocycles. The van der Waals surface area contributed by atoms with Gasteiger partial charge in [-0.2, -0.15) is 0 Å². The van der Waals surface area contributed by atoms with Gasteiger partial charge in [-0.25, -0.2) is 8.42 Å². The van der Waals surface area contributed by atoms with Crippen molar-refractivity contribution in [2.45, 2.75) is 38.1 Å². The maximum absolute atomic E-state index is 12.7. The van der Waals surface area contributed by atoms with E-state index in [0.29, 0.717) is 0 Å². The summed E-state index contributed by atoms with van der Waals surface area (Å²) in [5, 5.41) is 2.83. The fourth-order valence-corrected chi connectivity index (χ4v) is 4.81. The molecular formula is C18H24N2O4S. The van der Waals surface area contributed by atoms with Gasteiger partial charge in [0.05, 0.1) is 17.4 Å². The van der Waals surface area contributed by atoms with E-state index in [1.54, 1.807) is 6.92 Å². The molecule has 2 amide bonds. The monoisotopic (exact) mass is 364 g/mol. The summed E-state index contributed by atoms with van der Waals surface area (Å²) in [4.78, 5) is 26.7. The molecule has 3 rings (SSSR count). The molecule has 0 saturated carbocycles. The highest BCUT2D eigenvalue weighted by Gasteiger charge is 2.31. The number of rotatable bonds is 3. The molecule has 2 aliphatic rings. The Balaban J connectivity index is 1.62. The van der Waals surface area contributed by atoms with E-state index in [-0.39, 0.29) is 42.3 Å². The summed E-state index contributed by atoms with van der Waals surface area (Å²) in [6.45, 7) is 2.07. The number of nitrogens with one attached hydrogen (secondary N) is 1. The quantitative estimate of drug-likeness (QED) is 0.863. The largest absolute Gasteiger partial charge is 0.344 e. The van der Waals surface area contributed by atoms with E-state index in [1.807, 2.05) is 18.2 Å². The second-order valence-electron chi connectivity index (χ2n) is 6.85. The first-order valence-electron chi connectivity index (χ1n) is 8.75. The topological polar surface area (TPSA) is 83.6 Å². The number of carbonyl (C=O) groups excluding carboxylic acids is 2. The first-order chi connectivity index (χ1) is 11.9. The standard InChI is InChI=1S/C18H24N2O4S/c1-13(18(22)20-9-11-25(23,24)12-10-20)19-17(21)16-8-4-6-14-5-2-3-7-15(14)16/h2-3,5,7,13,16H,4,6,8-12H2,1H3,(H,19,21). The number of amides is 2. The minimum absolute atomic E-state index is 0.00456. The predicted octanol–water partition coefficient (Wildman–Crippen LogP) is 0.868. The lowest BCUT2D eigenvalue weighted by atomic mass is 9.82. The van der Waals surface area contributed by atoms with Crippen molar-refractivity contribution in [2.75, 3.05) is 24.6 Å². The van der Waals surface area contributed by atoms with Crippen LogP contribution in [0.15, 0.2) is 24.3 Å². The highest BCUT2D eigenvalue weighted by atomic mass is 32.2. The number of hydrogen-bond acceptors (Lipinski definition) is 4. The molecule has 0 radical (unpaired) electrons. The van der Waals surface area contributed by atoms with Crippen LogP contribution in [-0.4, -0.2) is 55.8 Å². The number of hydrogen-bond donors (Lipinski definition) is 1. The lowest BCUT2D eigenvalue weighted by molar-refractivity contribution is -0.136. The molecule has 1 heterocycles. The highest BCUT2D eigenvalue weighted by molar-refractivity contribution is 7.91. The third kappa shape index (κ3) is 4.03. The van der Waals surface area contributed by atoms with Crippen molar-refractivity contribution >= 4 is 21.7 Å². The van der Waals surface area contributed by atoms with E-state index in [2.05, 4.69) is 11.4 Å². The Morgan fingerprint density at radius 3 is 2.60 bits per heavy atom. The van der Waals surface area contributed by atoms with Gasteiger partial charge < -0.3 is 10.2 Å². The van der Waals surface area contributed by atoms with Crippen molar-refractivity contribution < 1.29 is 18.0 Å². The molecule has 0 bridgehead atoms. The number of nitrogens with zero attached hydrogens (tertiary/aromatic N) is 1. The third-order valence-electron chi connectivity index (χ3n) is 5.07. The smallest absolute Gasteiger partial charge is 0.244 e. The SMILES string of the molecule is CC(NC(=O)C1CCCc2ccccc21)C(=O)N1CCS(=O)(=O)CC1. The molecule has 1 aromatic rings. The lowest BCUT2D eigenvalue weighted by Crippen LogP contribution is -2.52. The van der Waals surface area contributed by atoms with Crippen LogP contribution in [0, 0.1) is 0 Å². The van der Waals surface area contributed by atoms with Gasteiger partial charge in [0.2, 0.25) is 11.8 Å². The highest BCUT2D eigenvalue weighted by Crippen LogP contribution is 2.31. The molecule has 2 atom stereocenters. The Kier molecular flexibility index (Phi) is 5.13. The Labute approximate surface area is 148 Å². The van der Waals surface area contributed by atoms with E-state index >= 15 is 0 Å². The Bertz CT molecular complexity index is 761. The zero-order valence-electron chi connectivity index (χ0n) is 14.4. The third-order valence-corrected chi connectivity index (χ3v) is 6.68. The first-order valence-corrected chi connectivity index (χ1v) is 10.6. The van der Waals surface area contributed by atoms with Crippen LogP contribution in [0.4, 0.5) is 0 Å². The van der Waals surface area contributed by atoms with Gasteiger partial charge in [0.15, 0.2) is 9.84 Å². The van der Waals surface area contributed by atoms with Crippen LogP contribution in [0.25, 0.3) is 0 Å². The van der Waals surface area contributed by atoms with Crippen molar-refractivity contribution in [3.05, 3.63) is 35.4 Å². The molecule has 1 aliphatic carbocycles. The second kappa shape index (κ2) is 7.15. The number of aryl methyl sites for hydroxylation is 1. The zero-order valence-corrected chi connectivity index (χ0v) is 15.2. The second-order valence-corrected chi connectivity index (χ2v) is 9.15. The number of benzene rings is 1. The molecule has 1 N–H and O–H groups in total. The lowest BCUT2D eigenvalue weighted by Gasteiger charge is -2.30. The summed E-state index contributed by atoms with van der Waals surface area (Å²) in [7, 11) is -3.03. The molecule has 2 unspecified atom stereocenters. The van der Waals surface area contributed by atoms with Crippen LogP contribution in [0.5, 0.6) is 0 Å². The van der Waals surface area contributed by atoms with Gasteiger partial charge in [-0.05, 0) is 37.3 Å². The first kappa shape index (κ1) is 17.9. The summed E-state index contributed by atoms with van der Waals surface area (Å²) >= 11 is 0. The minimum Gasteiger partial charge on any atom is -0.344 e. The predicted molar refractivity (Wildman–Crippen MR) is 95.0 cm³/mol. The summed E-state index contributed by atoms with van der Waals surface area (Å²) in [6.07, 6.45) is 2.73. The van der Waals surface area contributed by atoms with Gasteiger partial charge in [0.25, 0.3) is 0 Å². The van der Waals surface area contributed by atoms with E-state index < -0.39 is 15.9 Å². The molecule has 1 aliphatic heterocycles. The molecule has 6 nitrogen and oxygen atoms in total. The van der Waals surface area contributed by atoms with Crippen LogP contribution in [-0.2, 0) is 25.8 Å². The summed E-state index contributed by atoms with van der Waals surface area (Å²) < 4.78 is 23.0. The van der Waals surface area contributed by atoms with Gasteiger partial charge in [-0.15, -0.1) is 0 Å². The number of fused-ring (bicyclic) bond motifs is 1. The van der Waals surface area contributed by atoms with Gasteiger partial charge in [-0.3, -0.25) is 9.59 Å². The van der Waals surface area contributed by atoms with Gasteiger partial charge in [0, 0.05) is 13.1 Å². The summed E-state index contributed by atoms with van der Waals surface area (Å²) in [5.41, 5.74) is 2.25. The van der Waals surface area contributed by atoms with Gasteiger partial charge >= 0.3 is 0 Å². The van der Waals surface area contributed by atoms with Crippen molar-refractivity contribution in [3.8, 4) is 0 Å². The zero-order chi connectivity index (χ0) is 18.0. The van der Waals surface area contributed by atoms with Crippen LogP contribution < -0.4 is 5.32 Å². The average molecular weight is 364 g/mol. The summed E-state index contributed by atoms with van der Waals surface area (Å²) in [6, 6.07) is 7.31. The van der Waals surface area contributed by atoms with Crippen molar-refractivity contribution in [3.63, 3.8) is 0 Å². The molecule has 7 heteroatoms. The van der Waals surface area contributed by atoms with Crippen LogP contribution in [0.3, 0.4) is 0 Å². The maximum atomic E-state index is 12.7. The number of carbonyl (C=O) groups is 2. The van der Waals surface area contributed by atoms with Crippen molar-refractivity contribution in [2.24, 2.45) is 0 Å². The molecule has 1 saturated heterocycles. The maximum Gasteiger partial charge on any atom is 0.244 e. The van der Waals surface area contributed by atoms with E-state index in [1.165, 1.54) is 10.5 Å². The molecule has 0 spiro atoms. The van der Waals surface area contributed by atoms with Crippen LogP contribution in [0.1, 0.15) is 36.8 Å². The minimum atomic E-state index is -3.03. The fourth-order valence-electron chi connectivity index (χ4n) is 3.61. The Morgan fingerprint density at radius 2 is 1.88 bits per heavy atom. The normalized spacial score (nSPS) is 23.4. The Hall–Kier alpha value is -1.89. The number of sulfone groups is 1. The van der Waals surface area contributed by atoms with Gasteiger partial charge in [-0.1, -0.05) is 24.3 Å². The van der Waals surface area contributed by atoms with E-state index in [9.17, 15) is 18.0 Å². The molecule has 25 heavy (non-hydrogen) atoms. The van der Waals surface area contributed by atoms with Crippen LogP contribution >= 0.6 is 0 Å².